The average Bonchev–Trinajstić information content (AvgIpc) is 3.11. The Hall–Kier alpha value is -1.07. The van der Waals surface area contributed by atoms with Crippen LogP contribution in [-0.4, -0.2) is 36.6 Å². The minimum atomic E-state index is -0.380. The normalized spacial score (nSPS) is 30.5. The Labute approximate surface area is 151 Å². The van der Waals surface area contributed by atoms with E-state index in [1.165, 1.54) is 32.1 Å². The molecule has 5 nitrogen and oxygen atoms in total. The number of hydrogen-bond acceptors (Lipinski definition) is 4. The Bertz CT molecular complexity index is 468. The Morgan fingerprint density at radius 1 is 1.28 bits per heavy atom. The van der Waals surface area contributed by atoms with Crippen LogP contribution < -0.4 is 5.32 Å². The molecule has 0 aromatic heterocycles. The third kappa shape index (κ3) is 4.56. The maximum atomic E-state index is 12.6. The van der Waals surface area contributed by atoms with Crippen LogP contribution in [-0.2, 0) is 14.3 Å². The van der Waals surface area contributed by atoms with E-state index in [1.54, 1.807) is 0 Å². The Morgan fingerprint density at radius 2 is 2.04 bits per heavy atom. The molecule has 0 bridgehead atoms. The first-order valence-corrected chi connectivity index (χ1v) is 10.1. The van der Waals surface area contributed by atoms with Gasteiger partial charge in [0, 0.05) is 25.2 Å². The van der Waals surface area contributed by atoms with E-state index in [9.17, 15) is 9.90 Å². The van der Waals surface area contributed by atoms with Crippen LogP contribution >= 0.6 is 0 Å². The number of nitrogens with one attached hydrogen (secondary N) is 1. The van der Waals surface area contributed by atoms with Crippen molar-refractivity contribution < 1.29 is 19.4 Å². The highest BCUT2D eigenvalue weighted by molar-refractivity contribution is 5.91. The quantitative estimate of drug-likeness (QED) is 0.705. The smallest absolute Gasteiger partial charge is 0.286 e. The minimum absolute atomic E-state index is 0.0852. The molecule has 3 atom stereocenters. The summed E-state index contributed by atoms with van der Waals surface area (Å²) in [5.41, 5.74) is 0. The van der Waals surface area contributed by atoms with Gasteiger partial charge in [0.2, 0.25) is 6.29 Å². The Kier molecular flexibility index (Phi) is 6.77. The predicted octanol–water partition coefficient (Wildman–Crippen LogP) is 3.13. The van der Waals surface area contributed by atoms with Gasteiger partial charge in [-0.1, -0.05) is 12.8 Å². The van der Waals surface area contributed by atoms with Crippen molar-refractivity contribution >= 4 is 5.91 Å². The number of allylic oxidation sites excluding steroid dienone is 1. The van der Waals surface area contributed by atoms with Gasteiger partial charge in [-0.3, -0.25) is 4.79 Å². The minimum Gasteiger partial charge on any atom is -0.459 e. The standard InChI is InChI=1S/C20H33NO4/c1-2-24-20-16(11-6-12-22)17(14-7-3-4-8-14)13-18(25-20)19(23)21-15-9-5-10-15/h13-17,20,22H,2-12H2,1H3,(H,21,23)/t16-,17-,20-/m1/s1. The highest BCUT2D eigenvalue weighted by atomic mass is 16.7. The van der Waals surface area contributed by atoms with Crippen molar-refractivity contribution in [1.82, 2.24) is 5.32 Å². The summed E-state index contributed by atoms with van der Waals surface area (Å²) in [6.07, 6.45) is 11.6. The second-order valence-corrected chi connectivity index (χ2v) is 7.73. The van der Waals surface area contributed by atoms with E-state index in [0.717, 1.165) is 25.7 Å². The number of hydrogen-bond donors (Lipinski definition) is 2. The summed E-state index contributed by atoms with van der Waals surface area (Å²) in [4.78, 5) is 12.6. The van der Waals surface area contributed by atoms with E-state index >= 15 is 0 Å². The van der Waals surface area contributed by atoms with Crippen LogP contribution in [0.25, 0.3) is 0 Å². The van der Waals surface area contributed by atoms with Gasteiger partial charge in [0.1, 0.15) is 0 Å². The van der Waals surface area contributed by atoms with Gasteiger partial charge >= 0.3 is 0 Å². The molecule has 0 unspecified atom stereocenters. The van der Waals surface area contributed by atoms with Crippen LogP contribution in [0.5, 0.6) is 0 Å². The molecule has 1 amide bonds. The fourth-order valence-electron chi connectivity index (χ4n) is 4.48. The van der Waals surface area contributed by atoms with Gasteiger partial charge in [-0.2, -0.15) is 0 Å². The van der Waals surface area contributed by atoms with E-state index in [2.05, 4.69) is 11.4 Å². The molecule has 0 aromatic carbocycles. The molecule has 2 aliphatic carbocycles. The predicted molar refractivity (Wildman–Crippen MR) is 95.6 cm³/mol. The monoisotopic (exact) mass is 351 g/mol. The van der Waals surface area contributed by atoms with E-state index in [0.29, 0.717) is 30.2 Å². The zero-order valence-corrected chi connectivity index (χ0v) is 15.4. The molecule has 25 heavy (non-hydrogen) atoms. The lowest BCUT2D eigenvalue weighted by Gasteiger charge is -2.39. The molecule has 0 spiro atoms. The van der Waals surface area contributed by atoms with Crippen molar-refractivity contribution in [1.29, 1.82) is 0 Å². The molecule has 0 radical (unpaired) electrons. The largest absolute Gasteiger partial charge is 0.459 e. The maximum Gasteiger partial charge on any atom is 0.286 e. The summed E-state index contributed by atoms with van der Waals surface area (Å²) in [6.45, 7) is 2.71. The Balaban J connectivity index is 1.77. The number of amides is 1. The van der Waals surface area contributed by atoms with E-state index in [-0.39, 0.29) is 24.7 Å². The van der Waals surface area contributed by atoms with Crippen molar-refractivity contribution in [3.8, 4) is 0 Å². The molecule has 142 valence electrons. The van der Waals surface area contributed by atoms with Gasteiger partial charge in [-0.05, 0) is 69.8 Å². The Morgan fingerprint density at radius 3 is 2.64 bits per heavy atom. The second-order valence-electron chi connectivity index (χ2n) is 7.73. The highest BCUT2D eigenvalue weighted by Gasteiger charge is 2.41. The zero-order chi connectivity index (χ0) is 17.6. The molecule has 5 heteroatoms. The van der Waals surface area contributed by atoms with Crippen LogP contribution in [0.4, 0.5) is 0 Å². The summed E-state index contributed by atoms with van der Waals surface area (Å²) in [5.74, 6) is 1.49. The van der Waals surface area contributed by atoms with Gasteiger partial charge in [0.25, 0.3) is 5.91 Å². The molecule has 0 saturated heterocycles. The van der Waals surface area contributed by atoms with Crippen molar-refractivity contribution in [3.63, 3.8) is 0 Å². The lowest BCUT2D eigenvalue weighted by Crippen LogP contribution is -2.45. The molecule has 1 heterocycles. The number of ether oxygens (including phenoxy) is 2. The number of rotatable bonds is 8. The van der Waals surface area contributed by atoms with Crippen LogP contribution in [0.2, 0.25) is 0 Å². The van der Waals surface area contributed by atoms with E-state index in [4.69, 9.17) is 9.47 Å². The lowest BCUT2D eigenvalue weighted by molar-refractivity contribution is -0.176. The first-order valence-electron chi connectivity index (χ1n) is 10.1. The summed E-state index contributed by atoms with van der Waals surface area (Å²) < 4.78 is 11.9. The van der Waals surface area contributed by atoms with Crippen molar-refractivity contribution in [2.24, 2.45) is 17.8 Å². The molecule has 2 saturated carbocycles. The molecule has 2 N–H and O–H groups in total. The molecular formula is C20H33NO4. The third-order valence-corrected chi connectivity index (χ3v) is 6.07. The fourth-order valence-corrected chi connectivity index (χ4v) is 4.48. The van der Waals surface area contributed by atoms with E-state index < -0.39 is 0 Å². The summed E-state index contributed by atoms with van der Waals surface area (Å²) >= 11 is 0. The fraction of sp³-hybridized carbons (Fsp3) is 0.850. The van der Waals surface area contributed by atoms with Gasteiger partial charge < -0.3 is 19.9 Å². The van der Waals surface area contributed by atoms with Crippen LogP contribution in [0.15, 0.2) is 11.8 Å². The van der Waals surface area contributed by atoms with Gasteiger partial charge in [0.15, 0.2) is 5.76 Å². The first kappa shape index (κ1) is 18.7. The number of aliphatic hydroxyl groups is 1. The number of carbonyl (C=O) groups excluding carboxylic acids is 1. The molecular weight excluding hydrogens is 318 g/mol. The lowest BCUT2D eigenvalue weighted by atomic mass is 9.76. The summed E-state index contributed by atoms with van der Waals surface area (Å²) in [5, 5.41) is 12.4. The summed E-state index contributed by atoms with van der Waals surface area (Å²) in [7, 11) is 0. The average molecular weight is 351 g/mol. The van der Waals surface area contributed by atoms with Gasteiger partial charge in [-0.15, -0.1) is 0 Å². The van der Waals surface area contributed by atoms with Crippen LogP contribution in [0.3, 0.4) is 0 Å². The van der Waals surface area contributed by atoms with Gasteiger partial charge in [0.05, 0.1) is 0 Å². The highest BCUT2D eigenvalue weighted by Crippen LogP contribution is 2.43. The third-order valence-electron chi connectivity index (χ3n) is 6.07. The SMILES string of the molecule is CCO[C@@H]1OC(C(=O)NC2CCC2)=C[C@H](C2CCCC2)[C@H]1CCCO. The van der Waals surface area contributed by atoms with Crippen molar-refractivity contribution in [2.45, 2.75) is 77.0 Å². The van der Waals surface area contributed by atoms with Crippen molar-refractivity contribution in [3.05, 3.63) is 11.8 Å². The van der Waals surface area contributed by atoms with Gasteiger partial charge in [-0.25, -0.2) is 0 Å². The van der Waals surface area contributed by atoms with Crippen LogP contribution in [0.1, 0.15) is 64.7 Å². The molecule has 1 aliphatic heterocycles. The first-order chi connectivity index (χ1) is 12.2. The second kappa shape index (κ2) is 9.04. The molecule has 3 aliphatic rings. The molecule has 2 fully saturated rings. The maximum absolute atomic E-state index is 12.6. The molecule has 3 rings (SSSR count). The van der Waals surface area contributed by atoms with E-state index in [1.807, 2.05) is 6.92 Å². The van der Waals surface area contributed by atoms with Crippen molar-refractivity contribution in [2.75, 3.05) is 13.2 Å². The number of aliphatic hydroxyl groups excluding tert-OH is 1. The zero-order valence-electron chi connectivity index (χ0n) is 15.4. The topological polar surface area (TPSA) is 67.8 Å². The van der Waals surface area contributed by atoms with Crippen LogP contribution in [0, 0.1) is 17.8 Å². The summed E-state index contributed by atoms with van der Waals surface area (Å²) in [6, 6.07) is 0.305. The number of carbonyl (C=O) groups is 1. The molecule has 0 aromatic rings.